The zero-order valence-corrected chi connectivity index (χ0v) is 11.3. The third-order valence-corrected chi connectivity index (χ3v) is 2.93. The van der Waals surface area contributed by atoms with Crippen LogP contribution in [0.4, 0.5) is 5.69 Å². The first kappa shape index (κ1) is 14.2. The van der Waals surface area contributed by atoms with Crippen molar-refractivity contribution in [1.82, 2.24) is 4.98 Å². The van der Waals surface area contributed by atoms with Gasteiger partial charge >= 0.3 is 0 Å². The Morgan fingerprint density at radius 3 is 2.52 bits per heavy atom. The average Bonchev–Trinajstić information content (AvgIpc) is 2.48. The van der Waals surface area contributed by atoms with Crippen LogP contribution in [0.1, 0.15) is 16.7 Å². The van der Waals surface area contributed by atoms with Crippen LogP contribution in [0.5, 0.6) is 0 Å². The molecular weight excluding hydrogens is 268 g/mol. The molecule has 0 spiro atoms. The summed E-state index contributed by atoms with van der Waals surface area (Å²) in [6, 6.07) is 9.89. The zero-order chi connectivity index (χ0) is 15.4. The van der Waals surface area contributed by atoms with E-state index in [1.165, 1.54) is 12.1 Å². The van der Waals surface area contributed by atoms with Crippen LogP contribution in [0.2, 0.25) is 0 Å². The Morgan fingerprint density at radius 1 is 1.29 bits per heavy atom. The number of nitro groups is 1. The quantitative estimate of drug-likeness (QED) is 0.528. The van der Waals surface area contributed by atoms with Crippen molar-refractivity contribution < 1.29 is 4.92 Å². The van der Waals surface area contributed by atoms with Crippen molar-refractivity contribution in [2.75, 3.05) is 0 Å². The molecule has 2 N–H and O–H groups in total. The number of pyridine rings is 1. The van der Waals surface area contributed by atoms with E-state index in [1.54, 1.807) is 37.5 Å². The summed E-state index contributed by atoms with van der Waals surface area (Å²) in [7, 11) is 0. The van der Waals surface area contributed by atoms with Crippen molar-refractivity contribution in [3.63, 3.8) is 0 Å². The largest absolute Gasteiger partial charge is 0.397 e. The fourth-order valence-electron chi connectivity index (χ4n) is 1.97. The van der Waals surface area contributed by atoms with Gasteiger partial charge in [-0.25, -0.2) is 0 Å². The van der Waals surface area contributed by atoms with Gasteiger partial charge in [0.05, 0.1) is 16.2 Å². The smallest absolute Gasteiger partial charge is 0.270 e. The summed E-state index contributed by atoms with van der Waals surface area (Å²) < 4.78 is 0. The average molecular weight is 280 g/mol. The van der Waals surface area contributed by atoms with Crippen LogP contribution in [0, 0.1) is 28.4 Å². The van der Waals surface area contributed by atoms with E-state index in [0.29, 0.717) is 16.7 Å². The highest BCUT2D eigenvalue weighted by atomic mass is 16.6. The number of nitriles is 1. The maximum absolute atomic E-state index is 10.9. The molecule has 0 aliphatic heterocycles. The van der Waals surface area contributed by atoms with E-state index in [9.17, 15) is 15.4 Å². The first-order valence-corrected chi connectivity index (χ1v) is 6.09. The van der Waals surface area contributed by atoms with Gasteiger partial charge in [-0.3, -0.25) is 15.1 Å². The SMILES string of the molecule is Cc1cc(/C(N)=C(/C#N)c2ccncc2)cc([N+](=O)[O-])c1. The number of benzene rings is 1. The number of hydrogen-bond acceptors (Lipinski definition) is 5. The van der Waals surface area contributed by atoms with Gasteiger partial charge in [0.25, 0.3) is 5.69 Å². The summed E-state index contributed by atoms with van der Waals surface area (Å²) >= 11 is 0. The second-order valence-electron chi connectivity index (χ2n) is 4.45. The molecule has 21 heavy (non-hydrogen) atoms. The lowest BCUT2D eigenvalue weighted by Crippen LogP contribution is -2.02. The zero-order valence-electron chi connectivity index (χ0n) is 11.3. The van der Waals surface area contributed by atoms with Crippen molar-refractivity contribution in [1.29, 1.82) is 5.26 Å². The molecule has 6 heteroatoms. The summed E-state index contributed by atoms with van der Waals surface area (Å²) in [4.78, 5) is 14.3. The van der Waals surface area contributed by atoms with E-state index in [2.05, 4.69) is 4.98 Å². The Hall–Kier alpha value is -3.20. The second-order valence-corrected chi connectivity index (χ2v) is 4.45. The summed E-state index contributed by atoms with van der Waals surface area (Å²) in [5, 5.41) is 20.2. The molecular formula is C15H12N4O2. The molecule has 0 unspecified atom stereocenters. The molecule has 0 radical (unpaired) electrons. The van der Waals surface area contributed by atoms with Crippen LogP contribution in [0.15, 0.2) is 42.7 Å². The summed E-state index contributed by atoms with van der Waals surface area (Å²) in [6.07, 6.45) is 3.11. The third-order valence-electron chi connectivity index (χ3n) is 2.93. The van der Waals surface area contributed by atoms with Crippen LogP contribution in [0.25, 0.3) is 11.3 Å². The number of hydrogen-bond donors (Lipinski definition) is 1. The maximum Gasteiger partial charge on any atom is 0.270 e. The topological polar surface area (TPSA) is 106 Å². The van der Waals surface area contributed by atoms with Crippen molar-refractivity contribution >= 4 is 17.0 Å². The lowest BCUT2D eigenvalue weighted by atomic mass is 10.00. The number of rotatable bonds is 3. The Kier molecular flexibility index (Phi) is 3.95. The molecule has 6 nitrogen and oxygen atoms in total. The molecule has 1 heterocycles. The van der Waals surface area contributed by atoms with Gasteiger partial charge < -0.3 is 5.73 Å². The van der Waals surface area contributed by atoms with E-state index in [0.717, 1.165) is 0 Å². The number of aryl methyl sites for hydroxylation is 1. The molecule has 0 saturated carbocycles. The molecule has 2 aromatic rings. The van der Waals surface area contributed by atoms with E-state index in [-0.39, 0.29) is 17.0 Å². The molecule has 104 valence electrons. The summed E-state index contributed by atoms with van der Waals surface area (Å²) in [5.41, 5.74) is 8.22. The third kappa shape index (κ3) is 3.04. The Balaban J connectivity index is 2.61. The minimum absolute atomic E-state index is 0.0556. The van der Waals surface area contributed by atoms with E-state index in [4.69, 9.17) is 5.73 Å². The normalized spacial score (nSPS) is 11.4. The van der Waals surface area contributed by atoms with Gasteiger partial charge in [-0.1, -0.05) is 0 Å². The van der Waals surface area contributed by atoms with Gasteiger partial charge in [0, 0.05) is 30.1 Å². The van der Waals surface area contributed by atoms with E-state index >= 15 is 0 Å². The first-order chi connectivity index (χ1) is 10.0. The lowest BCUT2D eigenvalue weighted by molar-refractivity contribution is -0.384. The van der Waals surface area contributed by atoms with Gasteiger partial charge in [-0.2, -0.15) is 5.26 Å². The molecule has 0 aliphatic carbocycles. The highest BCUT2D eigenvalue weighted by Crippen LogP contribution is 2.25. The number of allylic oxidation sites excluding steroid dienone is 1. The summed E-state index contributed by atoms with van der Waals surface area (Å²) in [5.74, 6) is 0. The molecule has 0 amide bonds. The highest BCUT2D eigenvalue weighted by molar-refractivity contribution is 5.96. The monoisotopic (exact) mass is 280 g/mol. The molecule has 0 saturated heterocycles. The van der Waals surface area contributed by atoms with Gasteiger partial charge in [0.2, 0.25) is 0 Å². The van der Waals surface area contributed by atoms with Crippen molar-refractivity contribution in [3.05, 3.63) is 69.5 Å². The lowest BCUT2D eigenvalue weighted by Gasteiger charge is -2.07. The second kappa shape index (κ2) is 5.84. The van der Waals surface area contributed by atoms with Crippen LogP contribution >= 0.6 is 0 Å². The minimum Gasteiger partial charge on any atom is -0.397 e. The minimum atomic E-state index is -0.484. The standard InChI is InChI=1S/C15H12N4O2/c1-10-6-12(8-13(7-10)19(20)21)15(17)14(9-16)11-2-4-18-5-3-11/h2-8H,17H2,1H3/b15-14+. The highest BCUT2D eigenvalue weighted by Gasteiger charge is 2.13. The number of aromatic nitrogens is 1. The predicted octanol–water partition coefficient (Wildman–Crippen LogP) is 2.65. The number of non-ortho nitro benzene ring substituents is 1. The number of nitrogens with two attached hydrogens (primary N) is 1. The van der Waals surface area contributed by atoms with Crippen LogP contribution < -0.4 is 5.73 Å². The van der Waals surface area contributed by atoms with Gasteiger partial charge in [0.1, 0.15) is 6.07 Å². The first-order valence-electron chi connectivity index (χ1n) is 6.09. The van der Waals surface area contributed by atoms with E-state index in [1.807, 2.05) is 6.07 Å². The fourth-order valence-corrected chi connectivity index (χ4v) is 1.97. The predicted molar refractivity (Wildman–Crippen MR) is 78.7 cm³/mol. The van der Waals surface area contributed by atoms with E-state index < -0.39 is 4.92 Å². The Labute approximate surface area is 121 Å². The molecule has 1 aromatic carbocycles. The van der Waals surface area contributed by atoms with Crippen molar-refractivity contribution in [2.24, 2.45) is 5.73 Å². The van der Waals surface area contributed by atoms with Gasteiger partial charge in [0.15, 0.2) is 0 Å². The molecule has 0 fully saturated rings. The molecule has 0 bridgehead atoms. The van der Waals surface area contributed by atoms with Crippen LogP contribution in [0.3, 0.4) is 0 Å². The van der Waals surface area contributed by atoms with Crippen molar-refractivity contribution in [2.45, 2.75) is 6.92 Å². The molecule has 1 aromatic heterocycles. The van der Waals surface area contributed by atoms with Gasteiger partial charge in [-0.15, -0.1) is 0 Å². The number of nitro benzene ring substituents is 1. The molecule has 2 rings (SSSR count). The summed E-state index contributed by atoms with van der Waals surface area (Å²) in [6.45, 7) is 1.74. The molecule has 0 atom stereocenters. The van der Waals surface area contributed by atoms with Gasteiger partial charge in [-0.05, 0) is 36.2 Å². The van der Waals surface area contributed by atoms with Crippen LogP contribution in [-0.2, 0) is 0 Å². The van der Waals surface area contributed by atoms with Crippen LogP contribution in [-0.4, -0.2) is 9.91 Å². The van der Waals surface area contributed by atoms with Crippen molar-refractivity contribution in [3.8, 4) is 6.07 Å². The maximum atomic E-state index is 10.9. The number of nitrogens with zero attached hydrogens (tertiary/aromatic N) is 3. The fraction of sp³-hybridized carbons (Fsp3) is 0.0667. The molecule has 0 aliphatic rings. The Bertz CT molecular complexity index is 761. The Morgan fingerprint density at radius 2 is 1.95 bits per heavy atom.